The Hall–Kier alpha value is -3.51. The van der Waals surface area contributed by atoms with Crippen molar-refractivity contribution >= 4 is 40.5 Å². The molecule has 0 saturated heterocycles. The monoisotopic (exact) mass is 423 g/mol. The van der Waals surface area contributed by atoms with Gasteiger partial charge in [-0.05, 0) is 54.6 Å². The average Bonchev–Trinajstić information content (AvgIpc) is 2.75. The van der Waals surface area contributed by atoms with E-state index in [1.807, 2.05) is 36.4 Å². The number of nitrogens with zero attached hydrogens (tertiary/aromatic N) is 1. The van der Waals surface area contributed by atoms with Crippen LogP contribution < -0.4 is 15.4 Å². The number of benzene rings is 3. The van der Waals surface area contributed by atoms with Crippen molar-refractivity contribution in [3.05, 3.63) is 82.9 Å². The molecule has 0 aliphatic rings. The first-order valence-corrected chi connectivity index (χ1v) is 9.59. The lowest BCUT2D eigenvalue weighted by molar-refractivity contribution is 0.0827. The Labute approximate surface area is 180 Å². The highest BCUT2D eigenvalue weighted by molar-refractivity contribution is 6.34. The molecular formula is C23H22ClN3O3. The van der Waals surface area contributed by atoms with Gasteiger partial charge in [0, 0.05) is 25.5 Å². The molecule has 30 heavy (non-hydrogen) atoms. The lowest BCUT2D eigenvalue weighted by Crippen LogP contribution is -2.22. The van der Waals surface area contributed by atoms with Gasteiger partial charge in [-0.25, -0.2) is 0 Å². The van der Waals surface area contributed by atoms with Crippen LogP contribution in [0.25, 0.3) is 0 Å². The van der Waals surface area contributed by atoms with Gasteiger partial charge in [-0.2, -0.15) is 0 Å². The Bertz CT molecular complexity index is 1070. The number of methoxy groups -OCH3 is 1. The van der Waals surface area contributed by atoms with Crippen molar-refractivity contribution in [2.24, 2.45) is 0 Å². The van der Waals surface area contributed by atoms with Gasteiger partial charge in [-0.1, -0.05) is 23.7 Å². The van der Waals surface area contributed by atoms with Crippen LogP contribution in [0, 0.1) is 0 Å². The van der Waals surface area contributed by atoms with Crippen molar-refractivity contribution in [2.45, 2.75) is 0 Å². The van der Waals surface area contributed by atoms with Crippen LogP contribution in [0.4, 0.5) is 17.1 Å². The van der Waals surface area contributed by atoms with E-state index in [2.05, 4.69) is 10.6 Å². The molecule has 0 spiro atoms. The van der Waals surface area contributed by atoms with Crippen LogP contribution >= 0.6 is 11.6 Å². The second kappa shape index (κ2) is 9.33. The van der Waals surface area contributed by atoms with Crippen molar-refractivity contribution in [2.75, 3.05) is 31.8 Å². The maximum Gasteiger partial charge on any atom is 0.257 e. The van der Waals surface area contributed by atoms with Gasteiger partial charge in [0.15, 0.2) is 0 Å². The van der Waals surface area contributed by atoms with Crippen LogP contribution in [-0.2, 0) is 0 Å². The number of nitrogens with one attached hydrogen (secondary N) is 2. The fourth-order valence-electron chi connectivity index (χ4n) is 2.83. The zero-order valence-corrected chi connectivity index (χ0v) is 17.7. The summed E-state index contributed by atoms with van der Waals surface area (Å²) < 4.78 is 5.17. The summed E-state index contributed by atoms with van der Waals surface area (Å²) in [4.78, 5) is 26.6. The molecule has 7 heteroatoms. The van der Waals surface area contributed by atoms with Crippen molar-refractivity contribution in [1.29, 1.82) is 0 Å². The van der Waals surface area contributed by atoms with Crippen molar-refractivity contribution in [1.82, 2.24) is 4.90 Å². The Kier molecular flexibility index (Phi) is 6.59. The molecule has 0 saturated carbocycles. The van der Waals surface area contributed by atoms with Crippen molar-refractivity contribution < 1.29 is 14.3 Å². The van der Waals surface area contributed by atoms with Crippen LogP contribution in [0.3, 0.4) is 0 Å². The minimum absolute atomic E-state index is 0.238. The molecule has 0 fully saturated rings. The van der Waals surface area contributed by atoms with E-state index in [1.54, 1.807) is 51.5 Å². The van der Waals surface area contributed by atoms with Gasteiger partial charge in [0.1, 0.15) is 5.75 Å². The van der Waals surface area contributed by atoms with Gasteiger partial charge in [0.05, 0.1) is 28.9 Å². The van der Waals surface area contributed by atoms with Crippen LogP contribution in [0.5, 0.6) is 5.75 Å². The number of rotatable bonds is 6. The van der Waals surface area contributed by atoms with E-state index < -0.39 is 0 Å². The molecule has 0 unspecified atom stereocenters. The predicted octanol–water partition coefficient (Wildman–Crippen LogP) is 5.05. The molecule has 2 amide bonds. The van der Waals surface area contributed by atoms with Crippen molar-refractivity contribution in [3.63, 3.8) is 0 Å². The smallest absolute Gasteiger partial charge is 0.257 e. The molecule has 0 aliphatic carbocycles. The fourth-order valence-corrected chi connectivity index (χ4v) is 3.02. The number of carbonyl (C=O) groups is 2. The molecule has 3 aromatic carbocycles. The van der Waals surface area contributed by atoms with Crippen LogP contribution in [0.1, 0.15) is 20.7 Å². The Balaban J connectivity index is 1.82. The molecule has 0 aliphatic heterocycles. The third-order valence-electron chi connectivity index (χ3n) is 4.40. The Morgan fingerprint density at radius 1 is 0.900 bits per heavy atom. The highest BCUT2D eigenvalue weighted by Crippen LogP contribution is 2.25. The molecule has 154 valence electrons. The summed E-state index contributed by atoms with van der Waals surface area (Å²) in [7, 11) is 4.90. The molecule has 0 bridgehead atoms. The fraction of sp³-hybridized carbons (Fsp3) is 0.130. The highest BCUT2D eigenvalue weighted by Gasteiger charge is 2.16. The van der Waals surface area contributed by atoms with Gasteiger partial charge >= 0.3 is 0 Å². The topological polar surface area (TPSA) is 70.7 Å². The number of ether oxygens (including phenoxy) is 1. The quantitative estimate of drug-likeness (QED) is 0.582. The first-order valence-electron chi connectivity index (χ1n) is 9.21. The number of anilines is 3. The average molecular weight is 424 g/mol. The summed E-state index contributed by atoms with van der Waals surface area (Å²) in [5.74, 6) is 0.201. The minimum Gasteiger partial charge on any atom is -0.497 e. The number of hydrogen-bond acceptors (Lipinski definition) is 4. The standard InChI is InChI=1S/C23H22ClN3O3/c1-27(2)23(29)19-14-16(10-13-20(19)24)26-22(28)18-6-4-5-7-21(18)25-15-8-11-17(30-3)12-9-15/h4-14,25H,1-3H3,(H,26,28). The van der Waals surface area contributed by atoms with Gasteiger partial charge in [-0.3, -0.25) is 9.59 Å². The molecule has 6 nitrogen and oxygen atoms in total. The summed E-state index contributed by atoms with van der Waals surface area (Å²) in [6.45, 7) is 0. The van der Waals surface area contributed by atoms with E-state index in [4.69, 9.17) is 16.3 Å². The second-order valence-electron chi connectivity index (χ2n) is 6.75. The van der Waals surface area contributed by atoms with E-state index in [0.29, 0.717) is 27.5 Å². The lowest BCUT2D eigenvalue weighted by Gasteiger charge is -2.15. The third kappa shape index (κ3) is 4.90. The summed E-state index contributed by atoms with van der Waals surface area (Å²) in [6.07, 6.45) is 0. The molecule has 3 aromatic rings. The van der Waals surface area contributed by atoms with E-state index in [-0.39, 0.29) is 11.8 Å². The Morgan fingerprint density at radius 2 is 1.57 bits per heavy atom. The van der Waals surface area contributed by atoms with Crippen LogP contribution in [-0.4, -0.2) is 37.9 Å². The van der Waals surface area contributed by atoms with Gasteiger partial charge in [0.25, 0.3) is 11.8 Å². The summed E-state index contributed by atoms with van der Waals surface area (Å²) >= 11 is 6.15. The Morgan fingerprint density at radius 3 is 2.23 bits per heavy atom. The second-order valence-corrected chi connectivity index (χ2v) is 7.15. The number of para-hydroxylation sites is 1. The van der Waals surface area contributed by atoms with E-state index in [0.717, 1.165) is 11.4 Å². The van der Waals surface area contributed by atoms with Crippen LogP contribution in [0.2, 0.25) is 5.02 Å². The largest absolute Gasteiger partial charge is 0.497 e. The number of hydrogen-bond donors (Lipinski definition) is 2. The maximum absolute atomic E-state index is 12.9. The molecule has 2 N–H and O–H groups in total. The summed E-state index contributed by atoms with van der Waals surface area (Å²) in [6, 6.07) is 19.4. The van der Waals surface area contributed by atoms with E-state index in [1.165, 1.54) is 4.90 Å². The number of amides is 2. The zero-order valence-electron chi connectivity index (χ0n) is 16.9. The summed E-state index contributed by atoms with van der Waals surface area (Å²) in [5.41, 5.74) is 2.74. The zero-order chi connectivity index (χ0) is 21.7. The molecule has 3 rings (SSSR count). The van der Waals surface area contributed by atoms with Crippen molar-refractivity contribution in [3.8, 4) is 5.75 Å². The van der Waals surface area contributed by atoms with Gasteiger partial charge in [0.2, 0.25) is 0 Å². The highest BCUT2D eigenvalue weighted by atomic mass is 35.5. The maximum atomic E-state index is 12.9. The third-order valence-corrected chi connectivity index (χ3v) is 4.73. The van der Waals surface area contributed by atoms with E-state index >= 15 is 0 Å². The lowest BCUT2D eigenvalue weighted by atomic mass is 10.1. The molecule has 0 atom stereocenters. The van der Waals surface area contributed by atoms with Gasteiger partial charge < -0.3 is 20.3 Å². The van der Waals surface area contributed by atoms with Crippen LogP contribution in [0.15, 0.2) is 66.7 Å². The molecule has 0 heterocycles. The van der Waals surface area contributed by atoms with E-state index in [9.17, 15) is 9.59 Å². The molecular weight excluding hydrogens is 402 g/mol. The minimum atomic E-state index is -0.308. The first-order chi connectivity index (χ1) is 14.4. The normalized spacial score (nSPS) is 10.3. The van der Waals surface area contributed by atoms with Gasteiger partial charge in [-0.15, -0.1) is 0 Å². The molecule has 0 radical (unpaired) electrons. The first kappa shape index (κ1) is 21.2. The number of halogens is 1. The number of carbonyl (C=O) groups excluding carboxylic acids is 2. The summed E-state index contributed by atoms with van der Waals surface area (Å²) in [5, 5.41) is 6.41. The SMILES string of the molecule is COc1ccc(Nc2ccccc2C(=O)Nc2ccc(Cl)c(C(=O)N(C)C)c2)cc1. The predicted molar refractivity (Wildman–Crippen MR) is 120 cm³/mol. The molecule has 0 aromatic heterocycles.